The molecule has 3 aromatic rings. The molecule has 0 radical (unpaired) electrons. The van der Waals surface area contributed by atoms with Crippen molar-refractivity contribution < 1.29 is 19.1 Å². The van der Waals surface area contributed by atoms with Gasteiger partial charge < -0.3 is 19.3 Å². The van der Waals surface area contributed by atoms with Gasteiger partial charge in [-0.2, -0.15) is 0 Å². The zero-order valence-electron chi connectivity index (χ0n) is 22.9. The van der Waals surface area contributed by atoms with Gasteiger partial charge in [0.15, 0.2) is 0 Å². The fraction of sp³-hybridized carbons (Fsp3) is 0.438. The van der Waals surface area contributed by atoms with E-state index in [2.05, 4.69) is 37.4 Å². The van der Waals surface area contributed by atoms with Gasteiger partial charge in [-0.15, -0.1) is 11.3 Å². The van der Waals surface area contributed by atoms with Crippen molar-refractivity contribution in [2.24, 2.45) is 0 Å². The maximum absolute atomic E-state index is 13.9. The molecule has 206 valence electrons. The van der Waals surface area contributed by atoms with Crippen molar-refractivity contribution in [2.45, 2.75) is 57.6 Å². The Kier molecular flexibility index (Phi) is 8.99. The van der Waals surface area contributed by atoms with Gasteiger partial charge in [-0.25, -0.2) is 0 Å². The highest BCUT2D eigenvalue weighted by Gasteiger charge is 2.34. The number of carbonyl (C=O) groups excluding carboxylic acids is 2. The van der Waals surface area contributed by atoms with Crippen LogP contribution in [0.2, 0.25) is 0 Å². The maximum atomic E-state index is 13.9. The molecule has 0 aliphatic carbocycles. The average molecular weight is 547 g/mol. The highest BCUT2D eigenvalue weighted by Crippen LogP contribution is 2.34. The Morgan fingerprint density at radius 2 is 1.90 bits per heavy atom. The molecule has 2 atom stereocenters. The predicted octanol–water partition coefficient (Wildman–Crippen LogP) is 5.63. The molecule has 1 fully saturated rings. The van der Waals surface area contributed by atoms with Crippen molar-refractivity contribution in [1.82, 2.24) is 9.80 Å². The Hall–Kier alpha value is -3.16. The number of hydrogen-bond donors (Lipinski definition) is 0. The third-order valence-electron chi connectivity index (χ3n) is 7.69. The average Bonchev–Trinajstić information content (AvgIpc) is 3.64. The quantitative estimate of drug-likeness (QED) is 0.331. The van der Waals surface area contributed by atoms with Crippen molar-refractivity contribution in [1.29, 1.82) is 0 Å². The second kappa shape index (κ2) is 12.8. The predicted molar refractivity (Wildman–Crippen MR) is 154 cm³/mol. The molecule has 2 aliphatic heterocycles. The zero-order chi connectivity index (χ0) is 27.2. The van der Waals surface area contributed by atoms with Crippen molar-refractivity contribution in [2.75, 3.05) is 32.8 Å². The molecule has 6 nitrogen and oxygen atoms in total. The first kappa shape index (κ1) is 27.4. The van der Waals surface area contributed by atoms with Gasteiger partial charge in [0.2, 0.25) is 11.8 Å². The van der Waals surface area contributed by atoms with Crippen molar-refractivity contribution >= 4 is 23.2 Å². The second-order valence-corrected chi connectivity index (χ2v) is 11.8. The molecule has 7 heteroatoms. The van der Waals surface area contributed by atoms with Gasteiger partial charge in [0, 0.05) is 24.6 Å². The van der Waals surface area contributed by atoms with E-state index in [9.17, 15) is 9.59 Å². The van der Waals surface area contributed by atoms with Crippen LogP contribution in [0.15, 0.2) is 66.0 Å². The van der Waals surface area contributed by atoms with Crippen LogP contribution in [0.5, 0.6) is 5.75 Å². The van der Waals surface area contributed by atoms with Crippen molar-refractivity contribution in [3.8, 4) is 5.75 Å². The molecular weight excluding hydrogens is 508 g/mol. The molecule has 0 saturated carbocycles. The summed E-state index contributed by atoms with van der Waals surface area (Å²) in [4.78, 5) is 32.2. The first-order valence-electron chi connectivity index (χ1n) is 14.0. The monoisotopic (exact) mass is 546 g/mol. The Morgan fingerprint density at radius 1 is 1.10 bits per heavy atom. The van der Waals surface area contributed by atoms with E-state index in [-0.39, 0.29) is 36.9 Å². The van der Waals surface area contributed by atoms with Crippen LogP contribution in [0.1, 0.15) is 60.2 Å². The lowest BCUT2D eigenvalue weighted by molar-refractivity contribution is -0.143. The minimum Gasteiger partial charge on any atom is -0.491 e. The van der Waals surface area contributed by atoms with Crippen molar-refractivity contribution in [3.63, 3.8) is 0 Å². The number of benzene rings is 2. The normalized spacial score (nSPS) is 18.7. The first-order chi connectivity index (χ1) is 19.0. The topological polar surface area (TPSA) is 59.1 Å². The summed E-state index contributed by atoms with van der Waals surface area (Å²) in [6, 6.07) is 19.8. The summed E-state index contributed by atoms with van der Waals surface area (Å²) >= 11 is 1.74. The number of thiophene rings is 1. The van der Waals surface area contributed by atoms with Crippen LogP contribution >= 0.6 is 11.3 Å². The van der Waals surface area contributed by atoms with Crippen LogP contribution in [0.25, 0.3) is 0 Å². The SMILES string of the molecule is CC(C)c1ccc(OC[C@@H]2c3ccsc3CCN2C(=O)CN(C[C@H]2CCCO2)C(=O)Cc2ccccc2)cc1. The van der Waals surface area contributed by atoms with Crippen LogP contribution in [-0.2, 0) is 27.2 Å². The van der Waals surface area contributed by atoms with Crippen LogP contribution < -0.4 is 4.74 Å². The first-order valence-corrected chi connectivity index (χ1v) is 14.9. The number of amides is 2. The maximum Gasteiger partial charge on any atom is 0.242 e. The van der Waals surface area contributed by atoms with Gasteiger partial charge in [-0.1, -0.05) is 56.3 Å². The van der Waals surface area contributed by atoms with Crippen LogP contribution in [0.4, 0.5) is 0 Å². The summed E-state index contributed by atoms with van der Waals surface area (Å²) in [5.41, 5.74) is 3.37. The summed E-state index contributed by atoms with van der Waals surface area (Å²) in [6.45, 7) is 6.54. The minimum absolute atomic E-state index is 0.0182. The van der Waals surface area contributed by atoms with Crippen molar-refractivity contribution in [3.05, 3.63) is 87.6 Å². The van der Waals surface area contributed by atoms with Gasteiger partial charge in [0.05, 0.1) is 25.1 Å². The Labute approximate surface area is 235 Å². The third-order valence-corrected chi connectivity index (χ3v) is 8.69. The fourth-order valence-corrected chi connectivity index (χ4v) is 6.35. The molecule has 2 aliphatic rings. The summed E-state index contributed by atoms with van der Waals surface area (Å²) in [5, 5.41) is 2.09. The van der Waals surface area contributed by atoms with E-state index in [0.717, 1.165) is 36.1 Å². The molecule has 39 heavy (non-hydrogen) atoms. The van der Waals surface area contributed by atoms with E-state index in [1.807, 2.05) is 47.4 Å². The lowest BCUT2D eigenvalue weighted by Gasteiger charge is -2.37. The molecule has 0 N–H and O–H groups in total. The Bertz CT molecular complexity index is 1230. The van der Waals surface area contributed by atoms with E-state index < -0.39 is 0 Å². The van der Waals surface area contributed by atoms with E-state index in [0.29, 0.717) is 32.2 Å². The van der Waals surface area contributed by atoms with E-state index in [4.69, 9.17) is 9.47 Å². The van der Waals surface area contributed by atoms with Crippen LogP contribution in [0, 0.1) is 0 Å². The number of carbonyl (C=O) groups is 2. The smallest absolute Gasteiger partial charge is 0.242 e. The molecule has 1 aromatic heterocycles. The zero-order valence-corrected chi connectivity index (χ0v) is 23.7. The minimum atomic E-state index is -0.189. The number of fused-ring (bicyclic) bond motifs is 1. The molecule has 1 saturated heterocycles. The van der Waals surface area contributed by atoms with Gasteiger partial charge in [-0.05, 0) is 65.4 Å². The van der Waals surface area contributed by atoms with Crippen LogP contribution in [0.3, 0.4) is 0 Å². The third kappa shape index (κ3) is 6.89. The highest BCUT2D eigenvalue weighted by atomic mass is 32.1. The summed E-state index contributed by atoms with van der Waals surface area (Å²) in [5.74, 6) is 1.17. The molecule has 0 bridgehead atoms. The molecule has 0 spiro atoms. The highest BCUT2D eigenvalue weighted by molar-refractivity contribution is 7.10. The summed E-state index contributed by atoms with van der Waals surface area (Å²) < 4.78 is 12.1. The molecule has 2 amide bonds. The molecular formula is C32H38N2O4S. The standard InChI is InChI=1S/C32H38N2O4S/c1-23(2)25-10-12-26(13-11-25)38-22-29-28-15-18-39-30(28)14-16-34(29)32(36)21-33(20-27-9-6-17-37-27)31(35)19-24-7-4-3-5-8-24/h3-5,7-8,10-13,15,18,23,27,29H,6,9,14,16-17,19-22H2,1-2H3/t27-,29-/m1/s1. The summed E-state index contributed by atoms with van der Waals surface area (Å²) in [7, 11) is 0. The van der Waals surface area contributed by atoms with E-state index in [1.165, 1.54) is 10.4 Å². The summed E-state index contributed by atoms with van der Waals surface area (Å²) in [6.07, 6.45) is 2.98. The van der Waals surface area contributed by atoms with E-state index in [1.54, 1.807) is 16.2 Å². The molecule has 5 rings (SSSR count). The van der Waals surface area contributed by atoms with Gasteiger partial charge in [0.25, 0.3) is 0 Å². The number of hydrogen-bond acceptors (Lipinski definition) is 5. The number of ether oxygens (including phenoxy) is 2. The molecule has 2 aromatic carbocycles. The van der Waals surface area contributed by atoms with Gasteiger partial charge in [0.1, 0.15) is 12.4 Å². The Morgan fingerprint density at radius 3 is 2.62 bits per heavy atom. The number of nitrogens with zero attached hydrogens (tertiary/aromatic N) is 2. The van der Waals surface area contributed by atoms with E-state index >= 15 is 0 Å². The lowest BCUT2D eigenvalue weighted by atomic mass is 10.00. The van der Waals surface area contributed by atoms with Gasteiger partial charge >= 0.3 is 0 Å². The number of rotatable bonds is 10. The Balaban J connectivity index is 1.30. The second-order valence-electron chi connectivity index (χ2n) is 10.8. The lowest BCUT2D eigenvalue weighted by Crippen LogP contribution is -2.49. The molecule has 0 unspecified atom stereocenters. The van der Waals surface area contributed by atoms with Crippen LogP contribution in [-0.4, -0.2) is 60.6 Å². The van der Waals surface area contributed by atoms with Gasteiger partial charge in [-0.3, -0.25) is 9.59 Å². The molecule has 3 heterocycles. The fourth-order valence-electron chi connectivity index (χ4n) is 5.42. The largest absolute Gasteiger partial charge is 0.491 e.